The quantitative estimate of drug-likeness (QED) is 0.672. The largest absolute Gasteiger partial charge is 0.389 e. The van der Waals surface area contributed by atoms with Crippen molar-refractivity contribution in [3.05, 3.63) is 0 Å². The van der Waals surface area contributed by atoms with E-state index >= 15 is 0 Å². The van der Waals surface area contributed by atoms with Gasteiger partial charge in [0.05, 0.1) is 5.60 Å². The molecule has 0 bridgehead atoms. The molecule has 2 N–H and O–H groups in total. The van der Waals surface area contributed by atoms with E-state index in [1.807, 2.05) is 13.8 Å². The summed E-state index contributed by atoms with van der Waals surface area (Å²) in [6.07, 6.45) is 5.12. The molecule has 0 aromatic rings. The van der Waals surface area contributed by atoms with Gasteiger partial charge in [0.1, 0.15) is 0 Å². The van der Waals surface area contributed by atoms with Crippen LogP contribution >= 0.6 is 0 Å². The first kappa shape index (κ1) is 11.6. The zero-order valence-electron chi connectivity index (χ0n) is 9.27. The van der Waals surface area contributed by atoms with E-state index in [1.165, 1.54) is 12.8 Å². The third-order valence-electron chi connectivity index (χ3n) is 2.99. The average Bonchev–Trinajstić information content (AvgIpc) is 2.19. The first-order valence-corrected chi connectivity index (χ1v) is 5.52. The molecule has 2 heteroatoms. The summed E-state index contributed by atoms with van der Waals surface area (Å²) in [6, 6.07) is 0.259. The molecule has 0 amide bonds. The number of nitrogens with one attached hydrogen (secondary N) is 1. The first-order valence-electron chi connectivity index (χ1n) is 5.52. The molecule has 0 aromatic carbocycles. The van der Waals surface area contributed by atoms with Crippen LogP contribution in [0.4, 0.5) is 0 Å². The Balaban J connectivity index is 2.39. The maximum Gasteiger partial charge on any atom is 0.0781 e. The molecule has 14 heavy (non-hydrogen) atoms. The number of rotatable bonds is 3. The highest BCUT2D eigenvalue weighted by Crippen LogP contribution is 2.23. The summed E-state index contributed by atoms with van der Waals surface area (Å²) in [5, 5.41) is 13.6. The molecule has 0 aliphatic carbocycles. The second-order valence-corrected chi connectivity index (χ2v) is 4.29. The second-order valence-electron chi connectivity index (χ2n) is 4.29. The second kappa shape index (κ2) is 5.38. The fraction of sp³-hybridized carbons (Fsp3) is 0.833. The van der Waals surface area contributed by atoms with E-state index in [0.29, 0.717) is 0 Å². The summed E-state index contributed by atoms with van der Waals surface area (Å²) in [5.74, 6) is 5.87. The molecule has 1 saturated heterocycles. The van der Waals surface area contributed by atoms with Crippen LogP contribution in [0.3, 0.4) is 0 Å². The molecule has 1 fully saturated rings. The average molecular weight is 195 g/mol. The van der Waals surface area contributed by atoms with Crippen LogP contribution < -0.4 is 5.32 Å². The molecule has 80 valence electrons. The van der Waals surface area contributed by atoms with Gasteiger partial charge >= 0.3 is 0 Å². The number of aliphatic hydroxyl groups is 1. The maximum atomic E-state index is 10.2. The van der Waals surface area contributed by atoms with Crippen LogP contribution in [0, 0.1) is 11.8 Å². The fourth-order valence-electron chi connectivity index (χ4n) is 2.00. The smallest absolute Gasteiger partial charge is 0.0781 e. The molecule has 1 rings (SSSR count). The minimum atomic E-state index is -0.593. The van der Waals surface area contributed by atoms with Gasteiger partial charge in [0.15, 0.2) is 0 Å². The predicted molar refractivity (Wildman–Crippen MR) is 58.9 cm³/mol. The molecular weight excluding hydrogens is 174 g/mol. The number of piperidine rings is 1. The van der Waals surface area contributed by atoms with E-state index < -0.39 is 5.60 Å². The number of hydrogen-bond donors (Lipinski definition) is 2. The van der Waals surface area contributed by atoms with Gasteiger partial charge in [-0.3, -0.25) is 0 Å². The van der Waals surface area contributed by atoms with E-state index in [1.54, 1.807) is 0 Å². The van der Waals surface area contributed by atoms with E-state index in [2.05, 4.69) is 17.2 Å². The maximum absolute atomic E-state index is 10.2. The van der Waals surface area contributed by atoms with Crippen molar-refractivity contribution >= 4 is 0 Å². The molecular formula is C12H21NO. The molecule has 0 saturated carbocycles. The van der Waals surface area contributed by atoms with E-state index in [-0.39, 0.29) is 6.04 Å². The molecule has 2 nitrogen and oxygen atoms in total. The predicted octanol–water partition coefficient (Wildman–Crippen LogP) is 1.68. The van der Waals surface area contributed by atoms with Gasteiger partial charge in [-0.2, -0.15) is 0 Å². The minimum absolute atomic E-state index is 0.259. The Kier molecular flexibility index (Phi) is 4.44. The third-order valence-corrected chi connectivity index (χ3v) is 2.99. The van der Waals surface area contributed by atoms with Crippen LogP contribution in [0.2, 0.25) is 0 Å². The van der Waals surface area contributed by atoms with Crippen molar-refractivity contribution in [1.29, 1.82) is 0 Å². The van der Waals surface area contributed by atoms with Crippen LogP contribution in [0.15, 0.2) is 0 Å². The summed E-state index contributed by atoms with van der Waals surface area (Å²) in [5.41, 5.74) is -0.593. The lowest BCUT2D eigenvalue weighted by atomic mass is 9.86. The summed E-state index contributed by atoms with van der Waals surface area (Å²) in [4.78, 5) is 0. The Morgan fingerprint density at radius 2 is 2.29 bits per heavy atom. The Labute approximate surface area is 87.1 Å². The third kappa shape index (κ3) is 3.32. The zero-order chi connectivity index (χ0) is 10.4. The molecule has 2 unspecified atom stereocenters. The lowest BCUT2D eigenvalue weighted by molar-refractivity contribution is 0.00371. The number of hydrogen-bond acceptors (Lipinski definition) is 2. The van der Waals surface area contributed by atoms with Gasteiger partial charge in [-0.1, -0.05) is 6.42 Å². The van der Waals surface area contributed by atoms with Gasteiger partial charge in [-0.25, -0.2) is 0 Å². The summed E-state index contributed by atoms with van der Waals surface area (Å²) < 4.78 is 0. The van der Waals surface area contributed by atoms with Crippen molar-refractivity contribution in [2.75, 3.05) is 6.54 Å². The highest BCUT2D eigenvalue weighted by atomic mass is 16.3. The van der Waals surface area contributed by atoms with Crippen LogP contribution in [-0.2, 0) is 0 Å². The molecule has 1 heterocycles. The summed E-state index contributed by atoms with van der Waals surface area (Å²) >= 11 is 0. The Morgan fingerprint density at radius 3 is 2.86 bits per heavy atom. The van der Waals surface area contributed by atoms with Crippen molar-refractivity contribution in [3.63, 3.8) is 0 Å². The Bertz CT molecular complexity index is 218. The van der Waals surface area contributed by atoms with Gasteiger partial charge in [0, 0.05) is 12.5 Å². The van der Waals surface area contributed by atoms with E-state index in [9.17, 15) is 5.11 Å². The topological polar surface area (TPSA) is 32.3 Å². The SMILES string of the molecule is CC#CCCC(C)(O)C1CCCCN1. The van der Waals surface area contributed by atoms with Gasteiger partial charge in [-0.15, -0.1) is 11.8 Å². The van der Waals surface area contributed by atoms with Crippen molar-refractivity contribution in [3.8, 4) is 11.8 Å². The normalized spacial score (nSPS) is 26.1. The van der Waals surface area contributed by atoms with Crippen LogP contribution in [0.25, 0.3) is 0 Å². The molecule has 1 aliphatic heterocycles. The van der Waals surface area contributed by atoms with Gasteiger partial charge in [0.2, 0.25) is 0 Å². The van der Waals surface area contributed by atoms with Gasteiger partial charge < -0.3 is 10.4 Å². The van der Waals surface area contributed by atoms with E-state index in [0.717, 1.165) is 25.8 Å². The highest BCUT2D eigenvalue weighted by molar-refractivity contribution is 4.99. The molecule has 2 atom stereocenters. The van der Waals surface area contributed by atoms with Crippen LogP contribution in [0.5, 0.6) is 0 Å². The van der Waals surface area contributed by atoms with Gasteiger partial charge in [0.25, 0.3) is 0 Å². The molecule has 0 aromatic heterocycles. The first-order chi connectivity index (χ1) is 6.67. The lowest BCUT2D eigenvalue weighted by Gasteiger charge is -2.36. The van der Waals surface area contributed by atoms with Crippen molar-refractivity contribution in [1.82, 2.24) is 5.32 Å². The zero-order valence-corrected chi connectivity index (χ0v) is 9.27. The standard InChI is InChI=1S/C12H21NO/c1-3-4-6-9-12(2,14)11-8-5-7-10-13-11/h11,13-14H,5-10H2,1-2H3. The monoisotopic (exact) mass is 195 g/mol. The Hall–Kier alpha value is -0.520. The molecule has 1 aliphatic rings. The van der Waals surface area contributed by atoms with Crippen LogP contribution in [-0.4, -0.2) is 23.3 Å². The van der Waals surface area contributed by atoms with E-state index in [4.69, 9.17) is 0 Å². The van der Waals surface area contributed by atoms with Crippen molar-refractivity contribution in [2.24, 2.45) is 0 Å². The molecule has 0 spiro atoms. The van der Waals surface area contributed by atoms with Crippen LogP contribution in [0.1, 0.15) is 46.0 Å². The highest BCUT2D eigenvalue weighted by Gasteiger charge is 2.31. The van der Waals surface area contributed by atoms with Gasteiger partial charge in [-0.05, 0) is 39.7 Å². The fourth-order valence-corrected chi connectivity index (χ4v) is 2.00. The lowest BCUT2D eigenvalue weighted by Crippen LogP contribution is -2.50. The van der Waals surface area contributed by atoms with Crippen molar-refractivity contribution < 1.29 is 5.11 Å². The summed E-state index contributed by atoms with van der Waals surface area (Å²) in [6.45, 7) is 4.81. The summed E-state index contributed by atoms with van der Waals surface area (Å²) in [7, 11) is 0. The molecule has 0 radical (unpaired) electrons. The van der Waals surface area contributed by atoms with Crippen molar-refractivity contribution in [2.45, 2.75) is 57.6 Å². The minimum Gasteiger partial charge on any atom is -0.389 e. The Morgan fingerprint density at radius 1 is 1.50 bits per heavy atom.